The average Bonchev–Trinajstić information content (AvgIpc) is 3.20. The van der Waals surface area contributed by atoms with E-state index in [1.165, 1.54) is 12.1 Å². The van der Waals surface area contributed by atoms with Crippen molar-refractivity contribution in [1.82, 2.24) is 9.97 Å². The van der Waals surface area contributed by atoms with Gasteiger partial charge >= 0.3 is 0 Å². The molecule has 0 atom stereocenters. The van der Waals surface area contributed by atoms with E-state index in [0.29, 0.717) is 22.9 Å². The summed E-state index contributed by atoms with van der Waals surface area (Å²) in [5.74, 6) is 1.58. The molecule has 4 rings (SSSR count). The summed E-state index contributed by atoms with van der Waals surface area (Å²) in [6, 6.07) is 21.3. The van der Waals surface area contributed by atoms with Crippen molar-refractivity contribution in [3.05, 3.63) is 89.5 Å². The SMILES string of the molecule is COc1ccc2nc(/C(C#N)=C\c3ccc(OCc4cccc(F)c4)cc3)[nH]c2c1. The Labute approximate surface area is 173 Å². The maximum Gasteiger partial charge on any atom is 0.149 e. The Balaban J connectivity index is 1.50. The van der Waals surface area contributed by atoms with E-state index >= 15 is 0 Å². The fourth-order valence-corrected chi connectivity index (χ4v) is 3.02. The van der Waals surface area contributed by atoms with Gasteiger partial charge in [-0.2, -0.15) is 5.26 Å². The molecule has 0 unspecified atom stereocenters. The Morgan fingerprint density at radius 3 is 2.63 bits per heavy atom. The summed E-state index contributed by atoms with van der Waals surface area (Å²) in [5.41, 5.74) is 3.56. The Morgan fingerprint density at radius 1 is 1.10 bits per heavy atom. The molecule has 0 fully saturated rings. The van der Waals surface area contributed by atoms with E-state index in [2.05, 4.69) is 16.0 Å². The molecule has 0 aliphatic heterocycles. The number of H-pyrrole nitrogens is 1. The third-order valence-corrected chi connectivity index (χ3v) is 4.55. The number of rotatable bonds is 6. The third kappa shape index (κ3) is 4.31. The number of nitrogens with one attached hydrogen (secondary N) is 1. The highest BCUT2D eigenvalue weighted by molar-refractivity contribution is 5.90. The van der Waals surface area contributed by atoms with Gasteiger partial charge in [-0.25, -0.2) is 9.37 Å². The lowest BCUT2D eigenvalue weighted by molar-refractivity contribution is 0.305. The van der Waals surface area contributed by atoms with Gasteiger partial charge in [0.1, 0.15) is 35.8 Å². The molecule has 0 bridgehead atoms. The molecule has 0 saturated carbocycles. The van der Waals surface area contributed by atoms with Crippen LogP contribution in [0.3, 0.4) is 0 Å². The minimum Gasteiger partial charge on any atom is -0.497 e. The topological polar surface area (TPSA) is 70.9 Å². The number of nitriles is 1. The van der Waals surface area contributed by atoms with Gasteiger partial charge in [0, 0.05) is 6.07 Å². The maximum absolute atomic E-state index is 13.2. The Kier molecular flexibility index (Phi) is 5.44. The summed E-state index contributed by atoms with van der Waals surface area (Å²) in [7, 11) is 1.60. The predicted molar refractivity (Wildman–Crippen MR) is 113 cm³/mol. The van der Waals surface area contributed by atoms with E-state index in [0.717, 1.165) is 22.2 Å². The average molecular weight is 399 g/mol. The zero-order valence-corrected chi connectivity index (χ0v) is 16.2. The third-order valence-electron chi connectivity index (χ3n) is 4.55. The van der Waals surface area contributed by atoms with E-state index < -0.39 is 0 Å². The molecule has 5 nitrogen and oxygen atoms in total. The molecule has 0 aliphatic carbocycles. The molecule has 1 N–H and O–H groups in total. The molecule has 0 saturated heterocycles. The normalized spacial score (nSPS) is 11.3. The number of benzene rings is 3. The van der Waals surface area contributed by atoms with Gasteiger partial charge in [0.15, 0.2) is 0 Å². The van der Waals surface area contributed by atoms with Crippen LogP contribution in [0.25, 0.3) is 22.7 Å². The second kappa shape index (κ2) is 8.50. The van der Waals surface area contributed by atoms with E-state index in [1.54, 1.807) is 19.3 Å². The Morgan fingerprint density at radius 2 is 1.90 bits per heavy atom. The number of nitrogens with zero attached hydrogens (tertiary/aromatic N) is 2. The second-order valence-electron chi connectivity index (χ2n) is 6.63. The van der Waals surface area contributed by atoms with Crippen molar-refractivity contribution >= 4 is 22.7 Å². The molecular formula is C24H18FN3O2. The fraction of sp³-hybridized carbons (Fsp3) is 0.0833. The first kappa shape index (κ1) is 19.2. The van der Waals surface area contributed by atoms with Gasteiger partial charge in [0.25, 0.3) is 0 Å². The quantitative estimate of drug-likeness (QED) is 0.444. The zero-order valence-electron chi connectivity index (χ0n) is 16.2. The van der Waals surface area contributed by atoms with Crippen molar-refractivity contribution in [1.29, 1.82) is 5.26 Å². The number of methoxy groups -OCH3 is 1. The number of halogens is 1. The standard InChI is InChI=1S/C24H18FN3O2/c1-29-21-9-10-22-23(13-21)28-24(27-22)18(14-26)11-16-5-7-20(8-6-16)30-15-17-3-2-4-19(25)12-17/h2-13H,15H2,1H3,(H,27,28)/b18-11-. The van der Waals surface area contributed by atoms with Gasteiger partial charge < -0.3 is 14.5 Å². The van der Waals surface area contributed by atoms with Crippen molar-refractivity contribution in [2.75, 3.05) is 7.11 Å². The fourth-order valence-electron chi connectivity index (χ4n) is 3.02. The lowest BCUT2D eigenvalue weighted by Crippen LogP contribution is -1.95. The van der Waals surface area contributed by atoms with Gasteiger partial charge in [-0.1, -0.05) is 24.3 Å². The Hall–Kier alpha value is -4.11. The minimum atomic E-state index is -0.287. The van der Waals surface area contributed by atoms with Gasteiger partial charge in [-0.05, 0) is 53.6 Å². The summed E-state index contributed by atoms with van der Waals surface area (Å²) in [5, 5.41) is 9.60. The van der Waals surface area contributed by atoms with Crippen molar-refractivity contribution in [3.63, 3.8) is 0 Å². The molecule has 1 heterocycles. The molecule has 0 radical (unpaired) electrons. The van der Waals surface area contributed by atoms with Gasteiger partial charge in [0.2, 0.25) is 0 Å². The highest BCUT2D eigenvalue weighted by Crippen LogP contribution is 2.23. The molecule has 3 aromatic carbocycles. The van der Waals surface area contributed by atoms with Crippen LogP contribution in [0.2, 0.25) is 0 Å². The molecule has 30 heavy (non-hydrogen) atoms. The zero-order chi connectivity index (χ0) is 20.9. The van der Waals surface area contributed by atoms with Gasteiger partial charge in [-0.15, -0.1) is 0 Å². The van der Waals surface area contributed by atoms with Crippen molar-refractivity contribution in [2.45, 2.75) is 6.61 Å². The number of aromatic nitrogens is 2. The van der Waals surface area contributed by atoms with Crippen LogP contribution in [0.4, 0.5) is 4.39 Å². The lowest BCUT2D eigenvalue weighted by atomic mass is 10.1. The van der Waals surface area contributed by atoms with Crippen LogP contribution in [-0.4, -0.2) is 17.1 Å². The number of imidazole rings is 1. The molecule has 148 valence electrons. The number of hydrogen-bond donors (Lipinski definition) is 1. The van der Waals surface area contributed by atoms with E-state index in [1.807, 2.05) is 48.5 Å². The van der Waals surface area contributed by atoms with Crippen LogP contribution in [0.1, 0.15) is 17.0 Å². The minimum absolute atomic E-state index is 0.277. The number of aromatic amines is 1. The van der Waals surface area contributed by atoms with Crippen LogP contribution >= 0.6 is 0 Å². The van der Waals surface area contributed by atoms with Crippen LogP contribution in [0, 0.1) is 17.1 Å². The highest BCUT2D eigenvalue weighted by atomic mass is 19.1. The van der Waals surface area contributed by atoms with Crippen LogP contribution in [-0.2, 0) is 6.61 Å². The molecule has 1 aromatic heterocycles. The molecule has 0 spiro atoms. The summed E-state index contributed by atoms with van der Waals surface area (Å²) in [4.78, 5) is 7.64. The lowest BCUT2D eigenvalue weighted by Gasteiger charge is -2.06. The maximum atomic E-state index is 13.2. The molecule has 0 aliphatic rings. The van der Waals surface area contributed by atoms with Gasteiger partial charge in [-0.3, -0.25) is 0 Å². The number of hydrogen-bond acceptors (Lipinski definition) is 4. The number of allylic oxidation sites excluding steroid dienone is 1. The van der Waals surface area contributed by atoms with Crippen molar-refractivity contribution < 1.29 is 13.9 Å². The molecule has 4 aromatic rings. The number of fused-ring (bicyclic) bond motifs is 1. The Bertz CT molecular complexity index is 1250. The second-order valence-corrected chi connectivity index (χ2v) is 6.63. The van der Waals surface area contributed by atoms with Crippen molar-refractivity contribution in [3.8, 4) is 17.6 Å². The largest absolute Gasteiger partial charge is 0.497 e. The van der Waals surface area contributed by atoms with E-state index in [-0.39, 0.29) is 12.4 Å². The molecular weight excluding hydrogens is 381 g/mol. The van der Waals surface area contributed by atoms with Gasteiger partial charge in [0.05, 0.1) is 23.7 Å². The number of ether oxygens (including phenoxy) is 2. The first-order chi connectivity index (χ1) is 14.6. The van der Waals surface area contributed by atoms with E-state index in [9.17, 15) is 9.65 Å². The smallest absolute Gasteiger partial charge is 0.149 e. The monoisotopic (exact) mass is 399 g/mol. The van der Waals surface area contributed by atoms with Crippen LogP contribution < -0.4 is 9.47 Å². The predicted octanol–water partition coefficient (Wildman–Crippen LogP) is 5.35. The molecule has 0 amide bonds. The highest BCUT2D eigenvalue weighted by Gasteiger charge is 2.09. The summed E-state index contributed by atoms with van der Waals surface area (Å²) < 4.78 is 24.2. The van der Waals surface area contributed by atoms with Crippen LogP contribution in [0.15, 0.2) is 66.7 Å². The van der Waals surface area contributed by atoms with Crippen LogP contribution in [0.5, 0.6) is 11.5 Å². The summed E-state index contributed by atoms with van der Waals surface area (Å²) in [6.07, 6.45) is 1.76. The summed E-state index contributed by atoms with van der Waals surface area (Å²) in [6.45, 7) is 0.277. The molecule has 6 heteroatoms. The van der Waals surface area contributed by atoms with Crippen molar-refractivity contribution in [2.24, 2.45) is 0 Å². The van der Waals surface area contributed by atoms with E-state index in [4.69, 9.17) is 9.47 Å². The first-order valence-electron chi connectivity index (χ1n) is 9.28. The summed E-state index contributed by atoms with van der Waals surface area (Å²) >= 11 is 0. The first-order valence-corrected chi connectivity index (χ1v) is 9.28.